The summed E-state index contributed by atoms with van der Waals surface area (Å²) < 4.78 is 27.4. The van der Waals surface area contributed by atoms with Gasteiger partial charge < -0.3 is 10.0 Å². The largest absolute Gasteiger partial charge is 0.477 e. The van der Waals surface area contributed by atoms with E-state index in [1.807, 2.05) is 0 Å². The number of thiophene rings is 1. The molecule has 0 amide bonds. The lowest BCUT2D eigenvalue weighted by molar-refractivity contribution is 0.0702. The van der Waals surface area contributed by atoms with Gasteiger partial charge in [-0.3, -0.25) is 0 Å². The fraction of sp³-hybridized carbons (Fsp3) is 0.615. The van der Waals surface area contributed by atoms with Crippen molar-refractivity contribution in [2.24, 2.45) is 0 Å². The second-order valence-corrected chi connectivity index (χ2v) is 8.25. The molecular formula is C13H18N2O4S2. The van der Waals surface area contributed by atoms with Gasteiger partial charge in [0.1, 0.15) is 4.88 Å². The summed E-state index contributed by atoms with van der Waals surface area (Å²) in [5, 5.41) is 10.3. The minimum absolute atomic E-state index is 0.0426. The number of hydrogen-bond acceptors (Lipinski definition) is 5. The Hall–Kier alpha value is -0.960. The standard InChI is InChI=1S/C13H18N2O4S2/c16-13(17)12-7-11(8-20-12)21(18,19)14-9-3-5-15-4-1-2-10(15)6-9/h7-10,14H,1-6H2,(H,16,17). The number of hydrogen-bond donors (Lipinski definition) is 2. The maximum atomic E-state index is 12.3. The summed E-state index contributed by atoms with van der Waals surface area (Å²) in [5.41, 5.74) is 0. The first-order chi connectivity index (χ1) is 9.95. The number of sulfonamides is 1. The number of nitrogens with zero attached hydrogens (tertiary/aromatic N) is 1. The number of rotatable bonds is 4. The van der Waals surface area contributed by atoms with E-state index in [0.29, 0.717) is 6.04 Å². The zero-order chi connectivity index (χ0) is 15.0. The summed E-state index contributed by atoms with van der Waals surface area (Å²) in [7, 11) is -3.62. The van der Waals surface area contributed by atoms with Crippen molar-refractivity contribution in [2.75, 3.05) is 13.1 Å². The number of piperidine rings is 1. The van der Waals surface area contributed by atoms with Gasteiger partial charge in [-0.1, -0.05) is 0 Å². The predicted molar refractivity (Wildman–Crippen MR) is 79.2 cm³/mol. The second kappa shape index (κ2) is 5.68. The highest BCUT2D eigenvalue weighted by molar-refractivity contribution is 7.89. The fourth-order valence-corrected chi connectivity index (χ4v) is 5.59. The van der Waals surface area contributed by atoms with Gasteiger partial charge in [0.05, 0.1) is 4.90 Å². The van der Waals surface area contributed by atoms with Gasteiger partial charge in [-0.25, -0.2) is 17.9 Å². The van der Waals surface area contributed by atoms with Crippen LogP contribution in [0.3, 0.4) is 0 Å². The molecule has 0 aliphatic carbocycles. The second-order valence-electron chi connectivity index (χ2n) is 5.63. The summed E-state index contributed by atoms with van der Waals surface area (Å²) >= 11 is 0.935. The highest BCUT2D eigenvalue weighted by atomic mass is 32.2. The molecule has 2 atom stereocenters. The Balaban J connectivity index is 1.69. The van der Waals surface area contributed by atoms with Crippen LogP contribution in [0, 0.1) is 0 Å². The molecule has 8 heteroatoms. The Morgan fingerprint density at radius 1 is 1.38 bits per heavy atom. The highest BCUT2D eigenvalue weighted by Crippen LogP contribution is 2.28. The predicted octanol–water partition coefficient (Wildman–Crippen LogP) is 1.35. The first-order valence-corrected chi connectivity index (χ1v) is 9.40. The van der Waals surface area contributed by atoms with E-state index < -0.39 is 16.0 Å². The zero-order valence-electron chi connectivity index (χ0n) is 11.5. The van der Waals surface area contributed by atoms with Gasteiger partial charge in [0, 0.05) is 17.5 Å². The van der Waals surface area contributed by atoms with Crippen LogP contribution in [0.4, 0.5) is 0 Å². The first kappa shape index (κ1) is 15.0. The average Bonchev–Trinajstić information content (AvgIpc) is 3.07. The molecule has 2 saturated heterocycles. The monoisotopic (exact) mass is 330 g/mol. The average molecular weight is 330 g/mol. The van der Waals surface area contributed by atoms with Gasteiger partial charge in [0.15, 0.2) is 0 Å². The molecule has 21 heavy (non-hydrogen) atoms. The summed E-state index contributed by atoms with van der Waals surface area (Å²) in [6, 6.07) is 1.66. The molecular weight excluding hydrogens is 312 g/mol. The smallest absolute Gasteiger partial charge is 0.345 e. The normalized spacial score (nSPS) is 26.7. The third kappa shape index (κ3) is 3.13. The zero-order valence-corrected chi connectivity index (χ0v) is 13.1. The third-order valence-electron chi connectivity index (χ3n) is 4.24. The van der Waals surface area contributed by atoms with Crippen molar-refractivity contribution in [1.29, 1.82) is 0 Å². The molecule has 0 aromatic carbocycles. The van der Waals surface area contributed by atoms with Crippen molar-refractivity contribution in [3.8, 4) is 0 Å². The summed E-state index contributed by atoms with van der Waals surface area (Å²) in [5.74, 6) is -1.10. The lowest BCUT2D eigenvalue weighted by Crippen LogP contribution is -2.47. The van der Waals surface area contributed by atoms with Crippen LogP contribution in [0.5, 0.6) is 0 Å². The van der Waals surface area contributed by atoms with E-state index in [9.17, 15) is 13.2 Å². The number of aromatic carboxylic acids is 1. The van der Waals surface area contributed by atoms with E-state index in [-0.39, 0.29) is 15.8 Å². The number of carboxylic acids is 1. The van der Waals surface area contributed by atoms with Crippen molar-refractivity contribution in [3.63, 3.8) is 0 Å². The topological polar surface area (TPSA) is 86.7 Å². The van der Waals surface area contributed by atoms with Crippen LogP contribution in [0.15, 0.2) is 16.3 Å². The van der Waals surface area contributed by atoms with E-state index in [2.05, 4.69) is 9.62 Å². The number of carboxylic acid groups (broad SMARTS) is 1. The molecule has 6 nitrogen and oxygen atoms in total. The molecule has 2 aliphatic heterocycles. The van der Waals surface area contributed by atoms with Crippen molar-refractivity contribution < 1.29 is 18.3 Å². The molecule has 3 heterocycles. The fourth-order valence-electron chi connectivity index (χ4n) is 3.19. The Kier molecular flexibility index (Phi) is 4.04. The Bertz CT molecular complexity index is 640. The molecule has 1 aromatic heterocycles. The Morgan fingerprint density at radius 2 is 2.19 bits per heavy atom. The molecule has 2 fully saturated rings. The molecule has 2 N–H and O–H groups in total. The van der Waals surface area contributed by atoms with Gasteiger partial charge in [0.25, 0.3) is 0 Å². The van der Waals surface area contributed by atoms with Crippen molar-refractivity contribution >= 4 is 27.3 Å². The van der Waals surface area contributed by atoms with Crippen LogP contribution < -0.4 is 4.72 Å². The quantitative estimate of drug-likeness (QED) is 0.870. The molecule has 116 valence electrons. The molecule has 0 spiro atoms. The minimum Gasteiger partial charge on any atom is -0.477 e. The molecule has 0 radical (unpaired) electrons. The van der Waals surface area contributed by atoms with E-state index in [1.54, 1.807) is 0 Å². The van der Waals surface area contributed by atoms with E-state index in [1.165, 1.54) is 17.9 Å². The van der Waals surface area contributed by atoms with Gasteiger partial charge in [-0.15, -0.1) is 11.3 Å². The molecule has 3 rings (SSSR count). The van der Waals surface area contributed by atoms with Crippen LogP contribution in [0.2, 0.25) is 0 Å². The van der Waals surface area contributed by atoms with E-state index in [4.69, 9.17) is 5.11 Å². The van der Waals surface area contributed by atoms with Crippen LogP contribution >= 0.6 is 11.3 Å². The molecule has 0 saturated carbocycles. The number of nitrogens with one attached hydrogen (secondary N) is 1. The van der Waals surface area contributed by atoms with Gasteiger partial charge in [-0.05, 0) is 44.8 Å². The number of carbonyl (C=O) groups is 1. The third-order valence-corrected chi connectivity index (χ3v) is 6.81. The SMILES string of the molecule is O=C(O)c1cc(S(=O)(=O)NC2CCN3CCCC3C2)cs1. The van der Waals surface area contributed by atoms with E-state index in [0.717, 1.165) is 43.7 Å². The molecule has 2 aliphatic rings. The Labute approximate surface area is 127 Å². The van der Waals surface area contributed by atoms with Gasteiger partial charge >= 0.3 is 5.97 Å². The summed E-state index contributed by atoms with van der Waals surface area (Å²) in [4.78, 5) is 13.4. The van der Waals surface area contributed by atoms with Crippen molar-refractivity contribution in [1.82, 2.24) is 9.62 Å². The van der Waals surface area contributed by atoms with Gasteiger partial charge in [-0.2, -0.15) is 0 Å². The number of fused-ring (bicyclic) bond motifs is 1. The summed E-state index contributed by atoms with van der Waals surface area (Å²) in [6.07, 6.45) is 3.98. The lowest BCUT2D eigenvalue weighted by Gasteiger charge is -2.34. The summed E-state index contributed by atoms with van der Waals surface area (Å²) in [6.45, 7) is 2.05. The molecule has 1 aromatic rings. The van der Waals surface area contributed by atoms with Crippen molar-refractivity contribution in [2.45, 2.75) is 42.7 Å². The maximum Gasteiger partial charge on any atom is 0.345 e. The van der Waals surface area contributed by atoms with E-state index >= 15 is 0 Å². The van der Waals surface area contributed by atoms with Crippen LogP contribution in [0.25, 0.3) is 0 Å². The van der Waals surface area contributed by atoms with Crippen LogP contribution in [0.1, 0.15) is 35.4 Å². The first-order valence-electron chi connectivity index (χ1n) is 7.04. The maximum absolute atomic E-state index is 12.3. The molecule has 2 unspecified atom stereocenters. The lowest BCUT2D eigenvalue weighted by atomic mass is 9.99. The van der Waals surface area contributed by atoms with Crippen molar-refractivity contribution in [3.05, 3.63) is 16.3 Å². The van der Waals surface area contributed by atoms with Gasteiger partial charge in [0.2, 0.25) is 10.0 Å². The van der Waals surface area contributed by atoms with Crippen LogP contribution in [-0.4, -0.2) is 49.6 Å². The van der Waals surface area contributed by atoms with Crippen LogP contribution in [-0.2, 0) is 10.0 Å². The Morgan fingerprint density at radius 3 is 2.90 bits per heavy atom. The minimum atomic E-state index is -3.62. The molecule has 0 bridgehead atoms. The highest BCUT2D eigenvalue weighted by Gasteiger charge is 2.33.